The zero-order chi connectivity index (χ0) is 15.0. The summed E-state index contributed by atoms with van der Waals surface area (Å²) in [5.74, 6) is 0.518. The Bertz CT molecular complexity index is 403. The third kappa shape index (κ3) is 7.14. The van der Waals surface area contributed by atoms with Gasteiger partial charge in [-0.1, -0.05) is 12.1 Å². The Morgan fingerprint density at radius 1 is 1.10 bits per heavy atom. The summed E-state index contributed by atoms with van der Waals surface area (Å²) in [6.07, 6.45) is 1.14. The number of hydrogen-bond donors (Lipinski definition) is 0. The molecule has 0 atom stereocenters. The lowest BCUT2D eigenvalue weighted by Gasteiger charge is -2.19. The molecule has 0 aliphatic carbocycles. The van der Waals surface area contributed by atoms with Crippen LogP contribution in [0.2, 0.25) is 0 Å². The van der Waals surface area contributed by atoms with Crippen LogP contribution in [0, 0.1) is 0 Å². The zero-order valence-electron chi connectivity index (χ0n) is 12.8. The largest absolute Gasteiger partial charge is 0.493 e. The Balaban J connectivity index is 2.30. The van der Waals surface area contributed by atoms with E-state index in [1.807, 2.05) is 45.0 Å². The lowest BCUT2D eigenvalue weighted by atomic mass is 10.1. The topological polar surface area (TPSA) is 44.8 Å². The van der Waals surface area contributed by atoms with E-state index >= 15 is 0 Å². The van der Waals surface area contributed by atoms with E-state index < -0.39 is 5.60 Å². The molecule has 4 nitrogen and oxygen atoms in total. The van der Waals surface area contributed by atoms with Crippen LogP contribution in [0.3, 0.4) is 0 Å². The van der Waals surface area contributed by atoms with E-state index in [4.69, 9.17) is 14.2 Å². The van der Waals surface area contributed by atoms with Crippen molar-refractivity contribution in [1.29, 1.82) is 0 Å². The van der Waals surface area contributed by atoms with Gasteiger partial charge in [0, 0.05) is 7.11 Å². The van der Waals surface area contributed by atoms with Crippen molar-refractivity contribution < 1.29 is 19.0 Å². The van der Waals surface area contributed by atoms with Crippen LogP contribution in [0.5, 0.6) is 5.75 Å². The van der Waals surface area contributed by atoms with Crippen LogP contribution in [-0.2, 0) is 20.7 Å². The number of benzene rings is 1. The molecule has 0 heterocycles. The van der Waals surface area contributed by atoms with Gasteiger partial charge in [-0.2, -0.15) is 0 Å². The monoisotopic (exact) mass is 280 g/mol. The molecule has 1 aromatic carbocycles. The first-order chi connectivity index (χ1) is 9.40. The summed E-state index contributed by atoms with van der Waals surface area (Å²) < 4.78 is 15.7. The van der Waals surface area contributed by atoms with E-state index in [9.17, 15) is 4.79 Å². The van der Waals surface area contributed by atoms with E-state index in [1.54, 1.807) is 7.11 Å². The quantitative estimate of drug-likeness (QED) is 0.720. The Labute approximate surface area is 121 Å². The van der Waals surface area contributed by atoms with E-state index in [0.717, 1.165) is 12.2 Å². The second-order valence-corrected chi connectivity index (χ2v) is 5.57. The normalized spacial score (nSPS) is 11.2. The highest BCUT2D eigenvalue weighted by molar-refractivity contribution is 5.69. The van der Waals surface area contributed by atoms with Crippen molar-refractivity contribution in [1.82, 2.24) is 0 Å². The van der Waals surface area contributed by atoms with Gasteiger partial charge in [0.15, 0.2) is 0 Å². The van der Waals surface area contributed by atoms with Crippen LogP contribution in [-0.4, -0.2) is 31.9 Å². The zero-order valence-corrected chi connectivity index (χ0v) is 12.8. The summed E-state index contributed by atoms with van der Waals surface area (Å²) in [4.78, 5) is 11.5. The molecule has 0 aromatic heterocycles. The lowest BCUT2D eigenvalue weighted by Crippen LogP contribution is -2.24. The van der Waals surface area contributed by atoms with Gasteiger partial charge in [-0.05, 0) is 44.9 Å². The second-order valence-electron chi connectivity index (χ2n) is 5.57. The highest BCUT2D eigenvalue weighted by atomic mass is 16.6. The molecular weight excluding hydrogens is 256 g/mol. The van der Waals surface area contributed by atoms with E-state index in [1.165, 1.54) is 5.56 Å². The van der Waals surface area contributed by atoms with Crippen LogP contribution in [0.25, 0.3) is 0 Å². The molecule has 1 rings (SSSR count). The molecule has 112 valence electrons. The Morgan fingerprint density at radius 2 is 1.75 bits per heavy atom. The molecule has 4 heteroatoms. The molecule has 0 aliphatic rings. The first-order valence-corrected chi connectivity index (χ1v) is 6.83. The van der Waals surface area contributed by atoms with Crippen LogP contribution in [0.1, 0.15) is 32.8 Å². The van der Waals surface area contributed by atoms with Crippen LogP contribution < -0.4 is 4.74 Å². The standard InChI is InChI=1S/C16H24O4/c1-16(2,3)20-15(17)10-12-19-14-7-5-13(6-8-14)9-11-18-4/h5-8H,9-12H2,1-4H3. The van der Waals surface area contributed by atoms with Gasteiger partial charge in [0.1, 0.15) is 11.4 Å². The maximum atomic E-state index is 11.5. The molecule has 0 saturated heterocycles. The summed E-state index contributed by atoms with van der Waals surface area (Å²) in [6.45, 7) is 6.59. The number of ether oxygens (including phenoxy) is 3. The fraction of sp³-hybridized carbons (Fsp3) is 0.562. The number of carbonyl (C=O) groups is 1. The number of hydrogen-bond acceptors (Lipinski definition) is 4. The summed E-state index contributed by atoms with van der Waals surface area (Å²) in [5.41, 5.74) is 0.756. The van der Waals surface area contributed by atoms with Crippen molar-refractivity contribution in [3.63, 3.8) is 0 Å². The molecule has 1 aromatic rings. The van der Waals surface area contributed by atoms with Gasteiger partial charge < -0.3 is 14.2 Å². The van der Waals surface area contributed by atoms with Crippen molar-refractivity contribution in [2.75, 3.05) is 20.3 Å². The van der Waals surface area contributed by atoms with Gasteiger partial charge in [-0.15, -0.1) is 0 Å². The third-order valence-corrected chi connectivity index (χ3v) is 2.51. The molecule has 0 saturated carbocycles. The van der Waals surface area contributed by atoms with Crippen molar-refractivity contribution in [3.05, 3.63) is 29.8 Å². The van der Waals surface area contributed by atoms with Crippen molar-refractivity contribution in [2.24, 2.45) is 0 Å². The van der Waals surface area contributed by atoms with Crippen molar-refractivity contribution in [2.45, 2.75) is 39.2 Å². The molecule has 0 N–H and O–H groups in total. The molecule has 0 fully saturated rings. The minimum Gasteiger partial charge on any atom is -0.493 e. The Morgan fingerprint density at radius 3 is 2.30 bits per heavy atom. The molecule has 0 amide bonds. The Kier molecular flexibility index (Phi) is 6.52. The van der Waals surface area contributed by atoms with Crippen LogP contribution in [0.15, 0.2) is 24.3 Å². The van der Waals surface area contributed by atoms with Gasteiger partial charge in [0.25, 0.3) is 0 Å². The minimum atomic E-state index is -0.444. The molecule has 0 unspecified atom stereocenters. The average Bonchev–Trinajstić information content (AvgIpc) is 2.35. The van der Waals surface area contributed by atoms with Crippen molar-refractivity contribution >= 4 is 5.97 Å². The number of rotatable bonds is 7. The summed E-state index contributed by atoms with van der Waals surface area (Å²) in [6, 6.07) is 7.81. The second kappa shape index (κ2) is 7.90. The van der Waals surface area contributed by atoms with Gasteiger partial charge in [-0.25, -0.2) is 0 Å². The number of methoxy groups -OCH3 is 1. The molecule has 0 bridgehead atoms. The van der Waals surface area contributed by atoms with Gasteiger partial charge in [0.05, 0.1) is 19.6 Å². The maximum Gasteiger partial charge on any atom is 0.309 e. The van der Waals surface area contributed by atoms with Crippen LogP contribution >= 0.6 is 0 Å². The molecule has 0 spiro atoms. The van der Waals surface area contributed by atoms with Gasteiger partial charge in [-0.3, -0.25) is 4.79 Å². The summed E-state index contributed by atoms with van der Waals surface area (Å²) in [5, 5.41) is 0. The van der Waals surface area contributed by atoms with Gasteiger partial charge in [0.2, 0.25) is 0 Å². The summed E-state index contributed by atoms with van der Waals surface area (Å²) in [7, 11) is 1.69. The highest BCUT2D eigenvalue weighted by Crippen LogP contribution is 2.13. The maximum absolute atomic E-state index is 11.5. The predicted molar refractivity (Wildman–Crippen MR) is 78.0 cm³/mol. The average molecular weight is 280 g/mol. The highest BCUT2D eigenvalue weighted by Gasteiger charge is 2.15. The molecule has 0 radical (unpaired) electrons. The van der Waals surface area contributed by atoms with E-state index in [2.05, 4.69) is 0 Å². The first kappa shape index (κ1) is 16.5. The fourth-order valence-corrected chi connectivity index (χ4v) is 1.62. The van der Waals surface area contributed by atoms with Crippen LogP contribution in [0.4, 0.5) is 0 Å². The molecule has 20 heavy (non-hydrogen) atoms. The minimum absolute atomic E-state index is 0.241. The SMILES string of the molecule is COCCc1ccc(OCCC(=O)OC(C)(C)C)cc1. The van der Waals surface area contributed by atoms with Gasteiger partial charge >= 0.3 is 5.97 Å². The number of esters is 1. The predicted octanol–water partition coefficient (Wildman–Crippen LogP) is 2.99. The molecular formula is C16H24O4. The molecule has 0 aliphatic heterocycles. The van der Waals surface area contributed by atoms with Crippen molar-refractivity contribution in [3.8, 4) is 5.75 Å². The van der Waals surface area contributed by atoms with E-state index in [-0.39, 0.29) is 12.4 Å². The first-order valence-electron chi connectivity index (χ1n) is 6.83. The lowest BCUT2D eigenvalue weighted by molar-refractivity contribution is -0.155. The summed E-state index contributed by atoms with van der Waals surface area (Å²) >= 11 is 0. The smallest absolute Gasteiger partial charge is 0.309 e. The van der Waals surface area contributed by atoms with E-state index in [0.29, 0.717) is 13.2 Å². The third-order valence-electron chi connectivity index (χ3n) is 2.51. The Hall–Kier alpha value is -1.55. The number of carbonyl (C=O) groups excluding carboxylic acids is 1. The fourth-order valence-electron chi connectivity index (χ4n) is 1.62.